The van der Waals surface area contributed by atoms with Crippen LogP contribution < -0.4 is 10.2 Å². The van der Waals surface area contributed by atoms with E-state index in [4.69, 9.17) is 9.97 Å². The molecule has 5 aliphatic carbocycles. The van der Waals surface area contributed by atoms with Crippen LogP contribution in [0.3, 0.4) is 0 Å². The minimum absolute atomic E-state index is 0.0655. The Morgan fingerprint density at radius 2 is 1.65 bits per heavy atom. The van der Waals surface area contributed by atoms with Crippen LogP contribution in [0.1, 0.15) is 110 Å². The van der Waals surface area contributed by atoms with Gasteiger partial charge in [-0.15, -0.1) is 0 Å². The maximum Gasteiger partial charge on any atom is 0.135 e. The first-order valence-electron chi connectivity index (χ1n) is 17.0. The number of anilines is 1. The molecule has 0 spiro atoms. The van der Waals surface area contributed by atoms with Gasteiger partial charge in [-0.1, -0.05) is 66.5 Å². The fourth-order valence-electron chi connectivity index (χ4n) is 12.3. The smallest absolute Gasteiger partial charge is 0.135 e. The van der Waals surface area contributed by atoms with Crippen LogP contribution in [0.15, 0.2) is 11.6 Å². The summed E-state index contributed by atoms with van der Waals surface area (Å²) in [5.41, 5.74) is 5.78. The van der Waals surface area contributed by atoms with Crippen LogP contribution >= 0.6 is 0 Å². The number of aromatic nitrogens is 2. The molecule has 0 unspecified atom stereocenters. The lowest BCUT2D eigenvalue weighted by Crippen LogP contribution is -2.64. The van der Waals surface area contributed by atoms with Crippen molar-refractivity contribution in [3.63, 3.8) is 0 Å². The zero-order valence-electron chi connectivity index (χ0n) is 26.9. The molecule has 40 heavy (non-hydrogen) atoms. The highest BCUT2D eigenvalue weighted by Gasteiger charge is 2.67. The lowest BCUT2D eigenvalue weighted by atomic mass is 9.34. The van der Waals surface area contributed by atoms with E-state index in [0.29, 0.717) is 22.7 Å². The van der Waals surface area contributed by atoms with Gasteiger partial charge >= 0.3 is 0 Å². The van der Waals surface area contributed by atoms with E-state index in [-0.39, 0.29) is 10.8 Å². The Labute approximate surface area is 244 Å². The van der Waals surface area contributed by atoms with Crippen molar-refractivity contribution in [3.8, 4) is 0 Å². The van der Waals surface area contributed by atoms with Crippen LogP contribution in [0, 0.1) is 58.7 Å². The molecule has 4 fully saturated rings. The molecule has 1 aliphatic heterocycles. The highest BCUT2D eigenvalue weighted by molar-refractivity contribution is 5.54. The minimum atomic E-state index is 0.0655. The summed E-state index contributed by atoms with van der Waals surface area (Å²) in [7, 11) is 0. The minimum Gasteiger partial charge on any atom is -0.354 e. The summed E-state index contributed by atoms with van der Waals surface area (Å²) < 4.78 is 0. The molecule has 7 rings (SSSR count). The summed E-state index contributed by atoms with van der Waals surface area (Å²) in [5, 5.41) is 3.55. The maximum atomic E-state index is 5.24. The number of hydrogen-bond donors (Lipinski definition) is 1. The summed E-state index contributed by atoms with van der Waals surface area (Å²) in [6.07, 6.45) is 13.7. The summed E-state index contributed by atoms with van der Waals surface area (Å²) in [6.45, 7) is 24.7. The predicted octanol–water partition coefficient (Wildman–Crippen LogP) is 7.50. The second kappa shape index (κ2) is 9.04. The number of hydrogen-bond acceptors (Lipinski definition) is 4. The fraction of sp³-hybridized carbons (Fsp3) is 0.833. The van der Waals surface area contributed by atoms with Crippen molar-refractivity contribution >= 4 is 5.82 Å². The molecule has 0 amide bonds. The molecule has 1 saturated heterocycles. The zero-order valence-corrected chi connectivity index (χ0v) is 26.9. The van der Waals surface area contributed by atoms with E-state index in [2.05, 4.69) is 71.7 Å². The molecule has 0 aromatic carbocycles. The van der Waals surface area contributed by atoms with Crippen LogP contribution in [-0.2, 0) is 11.8 Å². The average molecular weight is 545 g/mol. The normalized spacial score (nSPS) is 45.8. The molecular weight excluding hydrogens is 488 g/mol. The third-order valence-electron chi connectivity index (χ3n) is 14.7. The van der Waals surface area contributed by atoms with E-state index >= 15 is 0 Å². The molecule has 1 N–H and O–H groups in total. The van der Waals surface area contributed by atoms with Gasteiger partial charge in [0.1, 0.15) is 11.6 Å². The highest BCUT2D eigenvalue weighted by atomic mass is 15.2. The molecule has 3 saturated carbocycles. The van der Waals surface area contributed by atoms with Crippen molar-refractivity contribution in [2.75, 3.05) is 31.1 Å². The van der Waals surface area contributed by atoms with Gasteiger partial charge in [-0.2, -0.15) is 0 Å². The van der Waals surface area contributed by atoms with Gasteiger partial charge in [0, 0.05) is 37.2 Å². The molecule has 6 aliphatic rings. The number of nitrogens with one attached hydrogen (secondary N) is 1. The molecule has 2 heterocycles. The average Bonchev–Trinajstić information content (AvgIpc) is 2.91. The lowest BCUT2D eigenvalue weighted by molar-refractivity contribution is -0.153. The molecule has 4 nitrogen and oxygen atoms in total. The van der Waals surface area contributed by atoms with Crippen molar-refractivity contribution in [1.82, 2.24) is 15.3 Å². The Morgan fingerprint density at radius 3 is 2.40 bits per heavy atom. The van der Waals surface area contributed by atoms with E-state index in [9.17, 15) is 0 Å². The van der Waals surface area contributed by atoms with E-state index in [1.54, 1.807) is 0 Å². The van der Waals surface area contributed by atoms with Crippen LogP contribution in [-0.4, -0.2) is 36.1 Å². The molecule has 1 aromatic rings. The van der Waals surface area contributed by atoms with Gasteiger partial charge in [-0.05, 0) is 104 Å². The summed E-state index contributed by atoms with van der Waals surface area (Å²) in [6, 6.07) is 0. The van der Waals surface area contributed by atoms with Crippen LogP contribution in [0.4, 0.5) is 5.82 Å². The Morgan fingerprint density at radius 1 is 0.900 bits per heavy atom. The Hall–Kier alpha value is -1.42. The second-order valence-corrected chi connectivity index (χ2v) is 16.6. The molecule has 9 atom stereocenters. The van der Waals surface area contributed by atoms with E-state index < -0.39 is 0 Å². The van der Waals surface area contributed by atoms with Crippen molar-refractivity contribution in [2.45, 2.75) is 112 Å². The quantitative estimate of drug-likeness (QED) is 0.372. The lowest BCUT2D eigenvalue weighted by Gasteiger charge is -2.70. The predicted molar refractivity (Wildman–Crippen MR) is 166 cm³/mol. The molecule has 0 bridgehead atoms. The molecule has 4 heteroatoms. The van der Waals surface area contributed by atoms with Crippen molar-refractivity contribution in [1.29, 1.82) is 0 Å². The zero-order chi connectivity index (χ0) is 28.2. The summed E-state index contributed by atoms with van der Waals surface area (Å²) in [5.74, 6) is 7.04. The van der Waals surface area contributed by atoms with Gasteiger partial charge in [-0.3, -0.25) is 0 Å². The molecule has 220 valence electrons. The maximum absolute atomic E-state index is 5.24. The molecular formula is C36H56N4. The number of aryl methyl sites for hydroxylation is 1. The van der Waals surface area contributed by atoms with E-state index in [0.717, 1.165) is 62.1 Å². The first kappa shape index (κ1) is 27.4. The van der Waals surface area contributed by atoms with Crippen molar-refractivity contribution < 1.29 is 0 Å². The van der Waals surface area contributed by atoms with Gasteiger partial charge in [0.05, 0.1) is 5.69 Å². The van der Waals surface area contributed by atoms with E-state index in [1.807, 2.05) is 5.57 Å². The third kappa shape index (κ3) is 3.53. The van der Waals surface area contributed by atoms with Crippen LogP contribution in [0.25, 0.3) is 0 Å². The van der Waals surface area contributed by atoms with Crippen LogP contribution in [0.2, 0.25) is 0 Å². The largest absolute Gasteiger partial charge is 0.354 e. The first-order valence-corrected chi connectivity index (χ1v) is 17.0. The molecule has 0 radical (unpaired) electrons. The number of rotatable bonds is 1. The Bertz CT molecular complexity index is 1210. The van der Waals surface area contributed by atoms with Crippen LogP contribution in [0.5, 0.6) is 0 Å². The van der Waals surface area contributed by atoms with Crippen molar-refractivity contribution in [3.05, 3.63) is 28.7 Å². The summed E-state index contributed by atoms with van der Waals surface area (Å²) in [4.78, 5) is 13.0. The van der Waals surface area contributed by atoms with Gasteiger partial charge in [-0.25, -0.2) is 9.97 Å². The Kier molecular flexibility index (Phi) is 6.20. The third-order valence-corrected chi connectivity index (χ3v) is 14.7. The number of piperazine rings is 1. The highest BCUT2D eigenvalue weighted by Crippen LogP contribution is 2.74. The van der Waals surface area contributed by atoms with E-state index in [1.165, 1.54) is 62.0 Å². The van der Waals surface area contributed by atoms with Crippen molar-refractivity contribution in [2.24, 2.45) is 51.8 Å². The number of nitrogens with zero attached hydrogens (tertiary/aromatic N) is 3. The molecule has 1 aromatic heterocycles. The Balaban J connectivity index is 1.33. The number of fused-ring (bicyclic) bond motifs is 8. The topological polar surface area (TPSA) is 41.1 Å². The summed E-state index contributed by atoms with van der Waals surface area (Å²) >= 11 is 0. The number of allylic oxidation sites excluding steroid dienone is 2. The first-order chi connectivity index (χ1) is 18.9. The second-order valence-electron chi connectivity index (χ2n) is 16.6. The van der Waals surface area contributed by atoms with Gasteiger partial charge in [0.15, 0.2) is 0 Å². The SMILES string of the molecule is Cc1nc(N2CCNCC2)c2c(n1)C(C)(C)[C@@H]1CC[C@]3(C)[C@H](CC=C4[C@H]5[C@@H](CC[C@@H](C)[C@@H]5C)CC[C@]43C)[C@@]1(C)C2. The monoisotopic (exact) mass is 544 g/mol. The fourth-order valence-corrected chi connectivity index (χ4v) is 12.3. The van der Waals surface area contributed by atoms with Gasteiger partial charge < -0.3 is 10.2 Å². The van der Waals surface area contributed by atoms with Gasteiger partial charge in [0.25, 0.3) is 0 Å². The standard InChI is InChI=1S/C36H56N4/c1-22-9-10-25-13-15-35(7)27(30(25)23(22)2)11-12-29-34(6)21-26-31(33(4,5)28(34)14-16-36(29,35)8)38-24(3)39-32(26)40-19-17-37-18-20-40/h11,22-23,25,28-30,37H,9-10,12-21H2,1-8H3/t22-,23+,25+,28+,29-,30-,34+,35-,36-/m1/s1. The van der Waals surface area contributed by atoms with Gasteiger partial charge in [0.2, 0.25) is 0 Å².